The van der Waals surface area contributed by atoms with Gasteiger partial charge in [-0.2, -0.15) is 0 Å². The highest BCUT2D eigenvalue weighted by molar-refractivity contribution is 5.76. The lowest BCUT2D eigenvalue weighted by molar-refractivity contribution is -0.129. The second-order valence-corrected chi connectivity index (χ2v) is 4.41. The molecule has 2 atom stereocenters. The first-order chi connectivity index (χ1) is 7.67. The number of nitrogens with one attached hydrogen (secondary N) is 1. The third-order valence-corrected chi connectivity index (χ3v) is 2.94. The van der Waals surface area contributed by atoms with E-state index in [0.29, 0.717) is 18.5 Å². The lowest BCUT2D eigenvalue weighted by Gasteiger charge is -2.20. The largest absolute Gasteiger partial charge is 0.380 e. The Kier molecular flexibility index (Phi) is 5.77. The highest BCUT2D eigenvalue weighted by atomic mass is 16.5. The van der Waals surface area contributed by atoms with Gasteiger partial charge in [0.2, 0.25) is 5.91 Å². The fraction of sp³-hybridized carbons (Fsp3) is 0.917. The number of nitrogens with zero attached hydrogens (tertiary/aromatic N) is 1. The van der Waals surface area contributed by atoms with Gasteiger partial charge in [0.15, 0.2) is 0 Å². The number of carbonyl (C=O) groups excluding carboxylic acids is 1. The molecule has 1 fully saturated rings. The summed E-state index contributed by atoms with van der Waals surface area (Å²) in [6, 6.07) is 0.799. The van der Waals surface area contributed by atoms with Crippen molar-refractivity contribution in [1.82, 2.24) is 10.2 Å². The van der Waals surface area contributed by atoms with E-state index in [4.69, 9.17) is 4.74 Å². The van der Waals surface area contributed by atoms with Crippen molar-refractivity contribution >= 4 is 5.91 Å². The number of ether oxygens (including phenoxy) is 1. The van der Waals surface area contributed by atoms with Gasteiger partial charge < -0.3 is 15.0 Å². The van der Waals surface area contributed by atoms with Crippen molar-refractivity contribution in [2.45, 2.75) is 45.7 Å². The molecule has 2 unspecified atom stereocenters. The topological polar surface area (TPSA) is 41.6 Å². The maximum Gasteiger partial charge on any atom is 0.222 e. The smallest absolute Gasteiger partial charge is 0.222 e. The zero-order chi connectivity index (χ0) is 12.0. The van der Waals surface area contributed by atoms with E-state index in [2.05, 4.69) is 12.2 Å². The summed E-state index contributed by atoms with van der Waals surface area (Å²) in [7, 11) is 0. The van der Waals surface area contributed by atoms with Gasteiger partial charge in [-0.05, 0) is 20.3 Å². The summed E-state index contributed by atoms with van der Waals surface area (Å²) in [6.07, 6.45) is 1.67. The van der Waals surface area contributed by atoms with Gasteiger partial charge in [0.1, 0.15) is 0 Å². The SMILES string of the molecule is CCOCC(C)NC1CCN(C(=O)CC)C1. The highest BCUT2D eigenvalue weighted by Gasteiger charge is 2.25. The number of carbonyl (C=O) groups is 1. The molecule has 0 saturated carbocycles. The van der Waals surface area contributed by atoms with Gasteiger partial charge >= 0.3 is 0 Å². The Morgan fingerprint density at radius 3 is 2.94 bits per heavy atom. The number of hydrogen-bond donors (Lipinski definition) is 1. The molecular formula is C12H24N2O2. The summed E-state index contributed by atoms with van der Waals surface area (Å²) >= 11 is 0. The predicted molar refractivity (Wildman–Crippen MR) is 64.4 cm³/mol. The molecule has 1 N–H and O–H groups in total. The molecule has 16 heavy (non-hydrogen) atoms. The van der Waals surface area contributed by atoms with Crippen LogP contribution in [0.3, 0.4) is 0 Å². The van der Waals surface area contributed by atoms with Gasteiger partial charge in [-0.25, -0.2) is 0 Å². The molecule has 4 heteroatoms. The van der Waals surface area contributed by atoms with Crippen molar-refractivity contribution in [3.63, 3.8) is 0 Å². The number of hydrogen-bond acceptors (Lipinski definition) is 3. The minimum atomic E-state index is 0.266. The Hall–Kier alpha value is -0.610. The summed E-state index contributed by atoms with van der Waals surface area (Å²) in [4.78, 5) is 13.4. The minimum Gasteiger partial charge on any atom is -0.380 e. The third kappa shape index (κ3) is 4.10. The molecule has 0 aromatic heterocycles. The quantitative estimate of drug-likeness (QED) is 0.738. The van der Waals surface area contributed by atoms with Gasteiger partial charge in [-0.3, -0.25) is 4.79 Å². The molecule has 0 aliphatic carbocycles. The van der Waals surface area contributed by atoms with Crippen LogP contribution in [0.15, 0.2) is 0 Å². The Balaban J connectivity index is 2.23. The molecule has 0 radical (unpaired) electrons. The van der Waals surface area contributed by atoms with Gasteiger partial charge in [0.25, 0.3) is 0 Å². The standard InChI is InChI=1S/C12H24N2O2/c1-4-12(15)14-7-6-11(8-14)13-10(3)9-16-5-2/h10-11,13H,4-9H2,1-3H3. The van der Waals surface area contributed by atoms with Gasteiger partial charge in [-0.1, -0.05) is 6.92 Å². The lowest BCUT2D eigenvalue weighted by Crippen LogP contribution is -2.41. The summed E-state index contributed by atoms with van der Waals surface area (Å²) in [5, 5.41) is 3.50. The van der Waals surface area contributed by atoms with Crippen molar-refractivity contribution < 1.29 is 9.53 Å². The zero-order valence-electron chi connectivity index (χ0n) is 10.7. The van der Waals surface area contributed by atoms with Gasteiger partial charge in [-0.15, -0.1) is 0 Å². The molecule has 1 saturated heterocycles. The van der Waals surface area contributed by atoms with Crippen LogP contribution in [-0.4, -0.2) is 49.2 Å². The van der Waals surface area contributed by atoms with Crippen LogP contribution in [0.4, 0.5) is 0 Å². The predicted octanol–water partition coefficient (Wildman–Crippen LogP) is 1.01. The maximum absolute atomic E-state index is 11.5. The Labute approximate surface area is 98.3 Å². The molecule has 0 aromatic carbocycles. The van der Waals surface area contributed by atoms with E-state index in [0.717, 1.165) is 32.7 Å². The van der Waals surface area contributed by atoms with E-state index in [-0.39, 0.29) is 5.91 Å². The van der Waals surface area contributed by atoms with E-state index in [1.165, 1.54) is 0 Å². The van der Waals surface area contributed by atoms with Crippen LogP contribution in [-0.2, 0) is 9.53 Å². The second-order valence-electron chi connectivity index (χ2n) is 4.41. The fourth-order valence-corrected chi connectivity index (χ4v) is 2.09. The highest BCUT2D eigenvalue weighted by Crippen LogP contribution is 2.11. The Morgan fingerprint density at radius 2 is 2.31 bits per heavy atom. The van der Waals surface area contributed by atoms with E-state index in [9.17, 15) is 4.79 Å². The number of rotatable bonds is 6. The molecule has 94 valence electrons. The normalized spacial score (nSPS) is 22.4. The van der Waals surface area contributed by atoms with Crippen LogP contribution < -0.4 is 5.32 Å². The first kappa shape index (κ1) is 13.5. The van der Waals surface area contributed by atoms with Crippen LogP contribution in [0, 0.1) is 0 Å². The first-order valence-corrected chi connectivity index (χ1v) is 6.28. The lowest BCUT2D eigenvalue weighted by atomic mass is 10.2. The van der Waals surface area contributed by atoms with Crippen molar-refractivity contribution in [2.24, 2.45) is 0 Å². The second kappa shape index (κ2) is 6.86. The van der Waals surface area contributed by atoms with Crippen molar-refractivity contribution in [1.29, 1.82) is 0 Å². The van der Waals surface area contributed by atoms with Crippen molar-refractivity contribution in [3.05, 3.63) is 0 Å². The molecular weight excluding hydrogens is 204 g/mol. The van der Waals surface area contributed by atoms with Crippen LogP contribution >= 0.6 is 0 Å². The van der Waals surface area contributed by atoms with Gasteiger partial charge in [0, 0.05) is 38.2 Å². The molecule has 1 heterocycles. The number of likely N-dealkylation sites (tertiary alicyclic amines) is 1. The summed E-state index contributed by atoms with van der Waals surface area (Å²) < 4.78 is 5.36. The average Bonchev–Trinajstić information content (AvgIpc) is 2.73. The Bertz CT molecular complexity index is 221. The molecule has 0 spiro atoms. The maximum atomic E-state index is 11.5. The molecule has 1 amide bonds. The molecule has 1 aliphatic heterocycles. The fourth-order valence-electron chi connectivity index (χ4n) is 2.09. The minimum absolute atomic E-state index is 0.266. The number of amides is 1. The third-order valence-electron chi connectivity index (χ3n) is 2.94. The molecule has 0 aromatic rings. The van der Waals surface area contributed by atoms with Crippen molar-refractivity contribution in [3.8, 4) is 0 Å². The van der Waals surface area contributed by atoms with Crippen LogP contribution in [0.25, 0.3) is 0 Å². The van der Waals surface area contributed by atoms with Crippen LogP contribution in [0.5, 0.6) is 0 Å². The summed E-state index contributed by atoms with van der Waals surface area (Å²) in [5.41, 5.74) is 0. The van der Waals surface area contributed by atoms with Crippen LogP contribution in [0.1, 0.15) is 33.6 Å². The molecule has 0 bridgehead atoms. The molecule has 4 nitrogen and oxygen atoms in total. The Morgan fingerprint density at radius 1 is 1.56 bits per heavy atom. The zero-order valence-corrected chi connectivity index (χ0v) is 10.7. The first-order valence-electron chi connectivity index (χ1n) is 6.28. The monoisotopic (exact) mass is 228 g/mol. The molecule has 1 rings (SSSR count). The van der Waals surface area contributed by atoms with E-state index in [1.54, 1.807) is 0 Å². The van der Waals surface area contributed by atoms with Gasteiger partial charge in [0.05, 0.1) is 6.61 Å². The van der Waals surface area contributed by atoms with E-state index in [1.807, 2.05) is 18.7 Å². The average molecular weight is 228 g/mol. The van der Waals surface area contributed by atoms with E-state index >= 15 is 0 Å². The molecule has 1 aliphatic rings. The van der Waals surface area contributed by atoms with Crippen LogP contribution in [0.2, 0.25) is 0 Å². The summed E-state index contributed by atoms with van der Waals surface area (Å²) in [5.74, 6) is 0.266. The van der Waals surface area contributed by atoms with E-state index < -0.39 is 0 Å². The van der Waals surface area contributed by atoms with Crippen molar-refractivity contribution in [2.75, 3.05) is 26.3 Å². The summed E-state index contributed by atoms with van der Waals surface area (Å²) in [6.45, 7) is 9.30.